The number of carbonyl (C=O) groups excluding carboxylic acids is 1. The number of sulfone groups is 1. The maximum atomic E-state index is 13.6. The van der Waals surface area contributed by atoms with Crippen LogP contribution in [0.5, 0.6) is 0 Å². The zero-order chi connectivity index (χ0) is 22.2. The van der Waals surface area contributed by atoms with Gasteiger partial charge < -0.3 is 10.0 Å². The number of benzene rings is 3. The minimum atomic E-state index is -4.10. The highest BCUT2D eigenvalue weighted by atomic mass is 32.2. The molecule has 0 radical (unpaired) electrons. The molecule has 0 bridgehead atoms. The Hall–Kier alpha value is -3.38. The maximum absolute atomic E-state index is 13.6. The summed E-state index contributed by atoms with van der Waals surface area (Å²) < 4.78 is 27.1. The van der Waals surface area contributed by atoms with Crippen molar-refractivity contribution < 1.29 is 18.3 Å². The molecule has 1 atom stereocenters. The zero-order valence-electron chi connectivity index (χ0n) is 17.3. The molecule has 1 heterocycles. The summed E-state index contributed by atoms with van der Waals surface area (Å²) in [6.45, 7) is 3.97. The largest absolute Gasteiger partial charge is 0.502 e. The van der Waals surface area contributed by atoms with E-state index < -0.39 is 27.5 Å². The van der Waals surface area contributed by atoms with Gasteiger partial charge in [0.05, 0.1) is 10.9 Å². The van der Waals surface area contributed by atoms with Crippen LogP contribution in [0.3, 0.4) is 0 Å². The standard InChI is InChI=1S/C25H23NO4S/c1-17-8-12-20(13-9-17)22-24(31(29,30)21-14-10-18(2)11-15-21)23(27)25(28)26(22)16-19-6-4-3-5-7-19/h3-15,22,27H,16H2,1-2H3/t22-/m1/s1. The molecule has 1 aliphatic heterocycles. The van der Waals surface area contributed by atoms with Crippen molar-refractivity contribution in [3.05, 3.63) is 112 Å². The molecule has 0 spiro atoms. The lowest BCUT2D eigenvalue weighted by molar-refractivity contribution is -0.130. The summed E-state index contributed by atoms with van der Waals surface area (Å²) >= 11 is 0. The molecule has 0 aromatic heterocycles. The first kappa shape index (κ1) is 20.9. The molecule has 0 saturated carbocycles. The van der Waals surface area contributed by atoms with Crippen LogP contribution >= 0.6 is 0 Å². The highest BCUT2D eigenvalue weighted by Crippen LogP contribution is 2.43. The van der Waals surface area contributed by atoms with Crippen molar-refractivity contribution in [1.82, 2.24) is 4.90 Å². The Morgan fingerprint density at radius 3 is 1.97 bits per heavy atom. The molecule has 3 aromatic carbocycles. The second-order valence-electron chi connectivity index (χ2n) is 7.76. The molecule has 31 heavy (non-hydrogen) atoms. The lowest BCUT2D eigenvalue weighted by atomic mass is 10.0. The number of amides is 1. The van der Waals surface area contributed by atoms with Gasteiger partial charge in [0.1, 0.15) is 4.91 Å². The van der Waals surface area contributed by atoms with Crippen LogP contribution in [-0.2, 0) is 21.2 Å². The second kappa shape index (κ2) is 8.04. The lowest BCUT2D eigenvalue weighted by Crippen LogP contribution is -2.30. The fraction of sp³-hybridized carbons (Fsp3) is 0.160. The number of aliphatic hydroxyl groups is 1. The quantitative estimate of drug-likeness (QED) is 0.637. The van der Waals surface area contributed by atoms with Gasteiger partial charge >= 0.3 is 0 Å². The minimum Gasteiger partial charge on any atom is -0.502 e. The monoisotopic (exact) mass is 433 g/mol. The van der Waals surface area contributed by atoms with E-state index in [2.05, 4.69) is 0 Å². The van der Waals surface area contributed by atoms with Crippen LogP contribution in [0.15, 0.2) is 94.4 Å². The Bertz CT molecular complexity index is 1250. The summed E-state index contributed by atoms with van der Waals surface area (Å²) in [7, 11) is -4.10. The summed E-state index contributed by atoms with van der Waals surface area (Å²) in [6, 6.07) is 22.1. The van der Waals surface area contributed by atoms with Gasteiger partial charge in [0.15, 0.2) is 5.76 Å². The van der Waals surface area contributed by atoms with Crippen molar-refractivity contribution >= 4 is 15.7 Å². The molecule has 158 valence electrons. The van der Waals surface area contributed by atoms with Gasteiger partial charge in [-0.3, -0.25) is 4.79 Å². The molecular formula is C25H23NO4S. The number of hydrogen-bond acceptors (Lipinski definition) is 4. The summed E-state index contributed by atoms with van der Waals surface area (Å²) in [5, 5.41) is 10.8. The Morgan fingerprint density at radius 1 is 0.839 bits per heavy atom. The van der Waals surface area contributed by atoms with E-state index in [0.717, 1.165) is 16.7 Å². The van der Waals surface area contributed by atoms with Crippen molar-refractivity contribution in [2.75, 3.05) is 0 Å². The molecule has 5 nitrogen and oxygen atoms in total. The van der Waals surface area contributed by atoms with E-state index in [0.29, 0.717) is 5.56 Å². The summed E-state index contributed by atoms with van der Waals surface area (Å²) in [4.78, 5) is 14.2. The summed E-state index contributed by atoms with van der Waals surface area (Å²) in [5.74, 6) is -1.41. The zero-order valence-corrected chi connectivity index (χ0v) is 18.1. The van der Waals surface area contributed by atoms with E-state index in [4.69, 9.17) is 0 Å². The minimum absolute atomic E-state index is 0.0473. The van der Waals surface area contributed by atoms with Crippen LogP contribution in [0.2, 0.25) is 0 Å². The highest BCUT2D eigenvalue weighted by Gasteiger charge is 2.46. The Balaban J connectivity index is 1.86. The van der Waals surface area contributed by atoms with Crippen LogP contribution in [0.1, 0.15) is 28.3 Å². The third-order valence-electron chi connectivity index (χ3n) is 5.47. The number of aryl methyl sites for hydroxylation is 2. The fourth-order valence-electron chi connectivity index (χ4n) is 3.77. The van der Waals surface area contributed by atoms with Gasteiger partial charge in [-0.05, 0) is 37.1 Å². The van der Waals surface area contributed by atoms with Crippen molar-refractivity contribution in [1.29, 1.82) is 0 Å². The van der Waals surface area contributed by atoms with Gasteiger partial charge in [-0.25, -0.2) is 8.42 Å². The van der Waals surface area contributed by atoms with Crippen molar-refractivity contribution in [3.8, 4) is 0 Å². The maximum Gasteiger partial charge on any atom is 0.290 e. The topological polar surface area (TPSA) is 74.7 Å². The Labute approximate surface area is 182 Å². The molecule has 0 unspecified atom stereocenters. The first-order chi connectivity index (χ1) is 14.8. The predicted molar refractivity (Wildman–Crippen MR) is 119 cm³/mol. The van der Waals surface area contributed by atoms with Gasteiger partial charge in [0, 0.05) is 6.54 Å². The van der Waals surface area contributed by atoms with E-state index in [1.165, 1.54) is 17.0 Å². The molecule has 0 aliphatic carbocycles. The number of nitrogens with zero attached hydrogens (tertiary/aromatic N) is 1. The third kappa shape index (κ3) is 3.86. The molecule has 3 aromatic rings. The lowest BCUT2D eigenvalue weighted by Gasteiger charge is -2.27. The molecule has 4 rings (SSSR count). The number of aliphatic hydroxyl groups excluding tert-OH is 1. The van der Waals surface area contributed by atoms with Crippen molar-refractivity contribution in [2.45, 2.75) is 31.3 Å². The molecule has 1 N–H and O–H groups in total. The molecule has 0 saturated heterocycles. The SMILES string of the molecule is Cc1ccc([C@@H]2C(S(=O)(=O)c3ccc(C)cc3)=C(O)C(=O)N2Cc2ccccc2)cc1. The van der Waals surface area contributed by atoms with E-state index in [1.54, 1.807) is 24.3 Å². The molecule has 1 aliphatic rings. The van der Waals surface area contributed by atoms with Crippen LogP contribution < -0.4 is 0 Å². The van der Waals surface area contributed by atoms with Crippen molar-refractivity contribution in [2.24, 2.45) is 0 Å². The second-order valence-corrected chi connectivity index (χ2v) is 9.68. The third-order valence-corrected chi connectivity index (χ3v) is 7.35. The Morgan fingerprint density at radius 2 is 1.39 bits per heavy atom. The summed E-state index contributed by atoms with van der Waals surface area (Å²) in [6.07, 6.45) is 0. The van der Waals surface area contributed by atoms with Crippen LogP contribution in [0.4, 0.5) is 0 Å². The molecule has 6 heteroatoms. The number of rotatable bonds is 5. The first-order valence-corrected chi connectivity index (χ1v) is 11.4. The van der Waals surface area contributed by atoms with Gasteiger partial charge in [-0.15, -0.1) is 0 Å². The van der Waals surface area contributed by atoms with E-state index in [-0.39, 0.29) is 16.3 Å². The van der Waals surface area contributed by atoms with Gasteiger partial charge in [0.2, 0.25) is 9.84 Å². The number of carbonyl (C=O) groups is 1. The summed E-state index contributed by atoms with van der Waals surface area (Å²) in [5.41, 5.74) is 3.40. The molecule has 0 fully saturated rings. The average molecular weight is 434 g/mol. The van der Waals surface area contributed by atoms with E-state index in [1.807, 2.05) is 56.3 Å². The van der Waals surface area contributed by atoms with Gasteiger partial charge in [-0.1, -0.05) is 77.9 Å². The van der Waals surface area contributed by atoms with E-state index >= 15 is 0 Å². The number of hydrogen-bond donors (Lipinski definition) is 1. The smallest absolute Gasteiger partial charge is 0.290 e. The van der Waals surface area contributed by atoms with E-state index in [9.17, 15) is 18.3 Å². The molecular weight excluding hydrogens is 410 g/mol. The first-order valence-electron chi connectivity index (χ1n) is 9.95. The van der Waals surface area contributed by atoms with Crippen LogP contribution in [-0.4, -0.2) is 24.3 Å². The van der Waals surface area contributed by atoms with Gasteiger partial charge in [0.25, 0.3) is 5.91 Å². The van der Waals surface area contributed by atoms with Crippen LogP contribution in [0, 0.1) is 13.8 Å². The van der Waals surface area contributed by atoms with Crippen LogP contribution in [0.25, 0.3) is 0 Å². The Kier molecular flexibility index (Phi) is 5.41. The average Bonchev–Trinajstić information content (AvgIpc) is 3.01. The predicted octanol–water partition coefficient (Wildman–Crippen LogP) is 4.63. The highest BCUT2D eigenvalue weighted by molar-refractivity contribution is 7.95. The normalized spacial score (nSPS) is 16.8. The van der Waals surface area contributed by atoms with Crippen molar-refractivity contribution in [3.63, 3.8) is 0 Å². The molecule has 1 amide bonds. The van der Waals surface area contributed by atoms with Gasteiger partial charge in [-0.2, -0.15) is 0 Å². The fourth-order valence-corrected chi connectivity index (χ4v) is 5.42.